The van der Waals surface area contributed by atoms with Gasteiger partial charge in [0.2, 0.25) is 0 Å². The summed E-state index contributed by atoms with van der Waals surface area (Å²) in [7, 11) is 1.53. The van der Waals surface area contributed by atoms with Crippen molar-refractivity contribution in [1.82, 2.24) is 5.43 Å². The molecule has 0 aliphatic rings. The fourth-order valence-corrected chi connectivity index (χ4v) is 1.88. The van der Waals surface area contributed by atoms with E-state index >= 15 is 0 Å². The first kappa shape index (κ1) is 16.3. The van der Waals surface area contributed by atoms with Gasteiger partial charge in [0.05, 0.1) is 12.7 Å². The summed E-state index contributed by atoms with van der Waals surface area (Å²) in [5, 5.41) is 10.00. The maximum atomic E-state index is 12.4. The molecule has 2 aromatic rings. The van der Waals surface area contributed by atoms with Gasteiger partial charge >= 0.3 is 0 Å². The van der Waals surface area contributed by atoms with Gasteiger partial charge in [-0.1, -0.05) is 0 Å². The summed E-state index contributed by atoms with van der Waals surface area (Å²) in [6, 6.07) is 10.7. The van der Waals surface area contributed by atoms with E-state index in [1.54, 1.807) is 24.3 Å². The summed E-state index contributed by atoms with van der Waals surface area (Å²) >= 11 is 0. The molecule has 0 unspecified atom stereocenters. The number of ketones is 1. The SMILES string of the molecule is COc1ccc(C(=O)c2ccc(OCC(=O)NN)cc2O)cc1. The summed E-state index contributed by atoms with van der Waals surface area (Å²) in [4.78, 5) is 23.4. The highest BCUT2D eigenvalue weighted by molar-refractivity contribution is 6.10. The van der Waals surface area contributed by atoms with Gasteiger partial charge in [0.15, 0.2) is 12.4 Å². The number of phenols is 1. The Morgan fingerprint density at radius 3 is 2.35 bits per heavy atom. The van der Waals surface area contributed by atoms with E-state index in [1.165, 1.54) is 25.3 Å². The molecule has 0 saturated carbocycles. The fraction of sp³-hybridized carbons (Fsp3) is 0.125. The Kier molecular flexibility index (Phi) is 5.16. The zero-order chi connectivity index (χ0) is 16.8. The molecule has 0 aromatic heterocycles. The van der Waals surface area contributed by atoms with Gasteiger partial charge < -0.3 is 14.6 Å². The number of ether oxygens (including phenoxy) is 2. The third-order valence-corrected chi connectivity index (χ3v) is 3.10. The van der Waals surface area contributed by atoms with Gasteiger partial charge in [-0.25, -0.2) is 5.84 Å². The average molecular weight is 316 g/mol. The number of nitrogens with two attached hydrogens (primary N) is 1. The fourth-order valence-electron chi connectivity index (χ4n) is 1.88. The third kappa shape index (κ3) is 3.98. The van der Waals surface area contributed by atoms with Crippen LogP contribution >= 0.6 is 0 Å². The van der Waals surface area contributed by atoms with E-state index < -0.39 is 5.91 Å². The van der Waals surface area contributed by atoms with Gasteiger partial charge in [-0.2, -0.15) is 0 Å². The minimum absolute atomic E-state index is 0.130. The number of hydrazine groups is 1. The van der Waals surface area contributed by atoms with Crippen LogP contribution in [0.5, 0.6) is 17.2 Å². The van der Waals surface area contributed by atoms with Crippen LogP contribution in [0.15, 0.2) is 42.5 Å². The lowest BCUT2D eigenvalue weighted by atomic mass is 10.0. The molecule has 0 aliphatic carbocycles. The molecule has 120 valence electrons. The molecule has 2 aromatic carbocycles. The van der Waals surface area contributed by atoms with Crippen molar-refractivity contribution in [3.63, 3.8) is 0 Å². The molecule has 0 aliphatic heterocycles. The third-order valence-electron chi connectivity index (χ3n) is 3.10. The second kappa shape index (κ2) is 7.28. The molecule has 0 spiro atoms. The number of phenolic OH excluding ortho intramolecular Hbond substituents is 1. The number of amides is 1. The van der Waals surface area contributed by atoms with Crippen LogP contribution in [0.2, 0.25) is 0 Å². The Balaban J connectivity index is 2.15. The monoisotopic (exact) mass is 316 g/mol. The lowest BCUT2D eigenvalue weighted by Gasteiger charge is -2.09. The first-order chi connectivity index (χ1) is 11.0. The zero-order valence-corrected chi connectivity index (χ0v) is 12.4. The van der Waals surface area contributed by atoms with Crippen molar-refractivity contribution >= 4 is 11.7 Å². The van der Waals surface area contributed by atoms with Crippen molar-refractivity contribution in [2.75, 3.05) is 13.7 Å². The molecule has 0 atom stereocenters. The predicted molar refractivity (Wildman–Crippen MR) is 82.4 cm³/mol. The van der Waals surface area contributed by atoms with Crippen LogP contribution in [-0.2, 0) is 4.79 Å². The molecule has 0 saturated heterocycles. The maximum absolute atomic E-state index is 12.4. The van der Waals surface area contributed by atoms with Crippen LogP contribution in [0, 0.1) is 0 Å². The van der Waals surface area contributed by atoms with Crippen molar-refractivity contribution in [1.29, 1.82) is 0 Å². The standard InChI is InChI=1S/C16H16N2O5/c1-22-11-4-2-10(3-5-11)16(21)13-7-6-12(8-14(13)19)23-9-15(20)18-17/h2-8,19H,9,17H2,1H3,(H,18,20). The molecule has 7 nitrogen and oxygen atoms in total. The molecule has 7 heteroatoms. The normalized spacial score (nSPS) is 10.0. The Labute approximate surface area is 132 Å². The molecule has 0 bridgehead atoms. The number of methoxy groups -OCH3 is 1. The van der Waals surface area contributed by atoms with E-state index in [1.807, 2.05) is 5.43 Å². The van der Waals surface area contributed by atoms with Crippen LogP contribution in [0.4, 0.5) is 0 Å². The molecule has 4 N–H and O–H groups in total. The maximum Gasteiger partial charge on any atom is 0.271 e. The number of rotatable bonds is 6. The molecule has 2 rings (SSSR count). The van der Waals surface area contributed by atoms with Crippen molar-refractivity contribution in [2.45, 2.75) is 0 Å². The van der Waals surface area contributed by atoms with Crippen LogP contribution in [0.1, 0.15) is 15.9 Å². The highest BCUT2D eigenvalue weighted by Crippen LogP contribution is 2.26. The van der Waals surface area contributed by atoms with Crippen LogP contribution in [-0.4, -0.2) is 30.5 Å². The minimum atomic E-state index is -0.511. The summed E-state index contributed by atoms with van der Waals surface area (Å²) < 4.78 is 10.2. The van der Waals surface area contributed by atoms with E-state index in [0.717, 1.165) is 0 Å². The van der Waals surface area contributed by atoms with Gasteiger partial charge in [0.1, 0.15) is 17.2 Å². The van der Waals surface area contributed by atoms with Crippen LogP contribution in [0.3, 0.4) is 0 Å². The van der Waals surface area contributed by atoms with Crippen molar-refractivity contribution in [3.8, 4) is 17.2 Å². The molecule has 0 radical (unpaired) electrons. The summed E-state index contributed by atoms with van der Waals surface area (Å²) in [6.07, 6.45) is 0. The summed E-state index contributed by atoms with van der Waals surface area (Å²) in [5.74, 6) is 4.72. The highest BCUT2D eigenvalue weighted by atomic mass is 16.5. The molecule has 1 amide bonds. The zero-order valence-electron chi connectivity index (χ0n) is 12.4. The Bertz CT molecular complexity index is 713. The van der Waals surface area contributed by atoms with E-state index in [4.69, 9.17) is 15.3 Å². The first-order valence-electron chi connectivity index (χ1n) is 6.69. The number of benzene rings is 2. The average Bonchev–Trinajstić information content (AvgIpc) is 2.59. The van der Waals surface area contributed by atoms with Crippen LogP contribution < -0.4 is 20.7 Å². The molecule has 23 heavy (non-hydrogen) atoms. The Morgan fingerprint density at radius 2 is 1.78 bits per heavy atom. The lowest BCUT2D eigenvalue weighted by Crippen LogP contribution is -2.34. The summed E-state index contributed by atoms with van der Waals surface area (Å²) in [5.41, 5.74) is 2.46. The minimum Gasteiger partial charge on any atom is -0.507 e. The molecular formula is C16H16N2O5. The number of hydrogen-bond donors (Lipinski definition) is 3. The van der Waals surface area contributed by atoms with E-state index in [2.05, 4.69) is 0 Å². The smallest absolute Gasteiger partial charge is 0.271 e. The van der Waals surface area contributed by atoms with Crippen molar-refractivity contribution in [3.05, 3.63) is 53.6 Å². The quantitative estimate of drug-likeness (QED) is 0.317. The van der Waals surface area contributed by atoms with E-state index in [0.29, 0.717) is 11.3 Å². The van der Waals surface area contributed by atoms with Gasteiger partial charge in [0, 0.05) is 11.6 Å². The second-order valence-corrected chi connectivity index (χ2v) is 4.59. The van der Waals surface area contributed by atoms with Gasteiger partial charge in [0.25, 0.3) is 5.91 Å². The topological polar surface area (TPSA) is 111 Å². The van der Waals surface area contributed by atoms with E-state index in [-0.39, 0.29) is 29.5 Å². The molecular weight excluding hydrogens is 300 g/mol. The Hall–Kier alpha value is -3.06. The number of hydrogen-bond acceptors (Lipinski definition) is 6. The lowest BCUT2D eigenvalue weighted by molar-refractivity contribution is -0.123. The van der Waals surface area contributed by atoms with Gasteiger partial charge in [-0.05, 0) is 36.4 Å². The van der Waals surface area contributed by atoms with Crippen molar-refractivity contribution < 1.29 is 24.2 Å². The van der Waals surface area contributed by atoms with Gasteiger partial charge in [-0.15, -0.1) is 0 Å². The van der Waals surface area contributed by atoms with Crippen molar-refractivity contribution in [2.24, 2.45) is 5.84 Å². The number of aromatic hydroxyl groups is 1. The van der Waals surface area contributed by atoms with E-state index in [9.17, 15) is 14.7 Å². The Morgan fingerprint density at radius 1 is 1.13 bits per heavy atom. The highest BCUT2D eigenvalue weighted by Gasteiger charge is 2.14. The number of carbonyl (C=O) groups is 2. The predicted octanol–water partition coefficient (Wildman–Crippen LogP) is 1.00. The number of nitrogens with one attached hydrogen (secondary N) is 1. The molecule has 0 heterocycles. The summed E-state index contributed by atoms with van der Waals surface area (Å²) in [6.45, 7) is -0.290. The second-order valence-electron chi connectivity index (χ2n) is 4.59. The first-order valence-corrected chi connectivity index (χ1v) is 6.69. The van der Waals surface area contributed by atoms with Gasteiger partial charge in [-0.3, -0.25) is 15.0 Å². The molecule has 0 fully saturated rings. The number of carbonyl (C=O) groups excluding carboxylic acids is 2. The van der Waals surface area contributed by atoms with Crippen LogP contribution in [0.25, 0.3) is 0 Å². The largest absolute Gasteiger partial charge is 0.507 e.